The van der Waals surface area contributed by atoms with Gasteiger partial charge in [0.05, 0.1) is 6.42 Å². The van der Waals surface area contributed by atoms with Gasteiger partial charge in [-0.25, -0.2) is 0 Å². The second-order valence-corrected chi connectivity index (χ2v) is 4.97. The van der Waals surface area contributed by atoms with Gasteiger partial charge < -0.3 is 9.84 Å². The zero-order valence-electron chi connectivity index (χ0n) is 8.29. The number of carboxylic acids is 1. The predicted octanol–water partition coefficient (Wildman–Crippen LogP) is 2.62. The predicted molar refractivity (Wildman–Crippen MR) is 59.1 cm³/mol. The largest absolute Gasteiger partial charge is 0.486 e. The van der Waals surface area contributed by atoms with Gasteiger partial charge in [0, 0.05) is 10.9 Å². The number of benzene rings is 1. The third kappa shape index (κ3) is 2.15. The van der Waals surface area contributed by atoms with Crippen LogP contribution in [0.5, 0.6) is 5.75 Å². The van der Waals surface area contributed by atoms with Crippen molar-refractivity contribution in [1.82, 2.24) is 0 Å². The van der Waals surface area contributed by atoms with E-state index in [-0.39, 0.29) is 6.42 Å². The number of rotatable bonds is 2. The third-order valence-electron chi connectivity index (χ3n) is 2.47. The van der Waals surface area contributed by atoms with E-state index < -0.39 is 11.6 Å². The highest BCUT2D eigenvalue weighted by Gasteiger charge is 2.36. The normalized spacial score (nSPS) is 23.3. The molecule has 1 aromatic rings. The minimum Gasteiger partial charge on any atom is -0.486 e. The Bertz CT molecular complexity index is 416. The Morgan fingerprint density at radius 1 is 1.67 bits per heavy atom. The molecule has 80 valence electrons. The molecule has 15 heavy (non-hydrogen) atoms. The molecule has 1 aromatic carbocycles. The van der Waals surface area contributed by atoms with Gasteiger partial charge in [-0.2, -0.15) is 0 Å². The fourth-order valence-corrected chi connectivity index (χ4v) is 2.32. The molecule has 1 atom stereocenters. The molecule has 1 unspecified atom stereocenters. The van der Waals surface area contributed by atoms with Crippen LogP contribution in [0.15, 0.2) is 22.7 Å². The zero-order valence-corrected chi connectivity index (χ0v) is 9.87. The number of carboxylic acid groups (broad SMARTS) is 1. The lowest BCUT2D eigenvalue weighted by Crippen LogP contribution is -2.33. The molecular weight excluding hydrogens is 260 g/mol. The highest BCUT2D eigenvalue weighted by atomic mass is 79.9. The van der Waals surface area contributed by atoms with Crippen LogP contribution < -0.4 is 4.74 Å². The van der Waals surface area contributed by atoms with Gasteiger partial charge >= 0.3 is 5.97 Å². The summed E-state index contributed by atoms with van der Waals surface area (Å²) >= 11 is 3.38. The monoisotopic (exact) mass is 270 g/mol. The average molecular weight is 271 g/mol. The van der Waals surface area contributed by atoms with Crippen molar-refractivity contribution in [1.29, 1.82) is 0 Å². The highest BCUT2D eigenvalue weighted by molar-refractivity contribution is 9.10. The maximum atomic E-state index is 10.7. The van der Waals surface area contributed by atoms with Crippen LogP contribution in [-0.4, -0.2) is 16.7 Å². The molecule has 0 spiro atoms. The fraction of sp³-hybridized carbons (Fsp3) is 0.364. The van der Waals surface area contributed by atoms with Gasteiger partial charge in [-0.1, -0.05) is 15.9 Å². The maximum absolute atomic E-state index is 10.7. The summed E-state index contributed by atoms with van der Waals surface area (Å²) in [6.45, 7) is 1.83. The van der Waals surface area contributed by atoms with Gasteiger partial charge in [0.1, 0.15) is 11.4 Å². The van der Waals surface area contributed by atoms with E-state index in [4.69, 9.17) is 9.84 Å². The van der Waals surface area contributed by atoms with Gasteiger partial charge in [-0.15, -0.1) is 0 Å². The molecule has 0 amide bonds. The van der Waals surface area contributed by atoms with Crippen molar-refractivity contribution < 1.29 is 14.6 Å². The van der Waals surface area contributed by atoms with Crippen LogP contribution in [0.3, 0.4) is 0 Å². The van der Waals surface area contributed by atoms with E-state index in [1.54, 1.807) is 0 Å². The van der Waals surface area contributed by atoms with E-state index in [9.17, 15) is 4.79 Å². The number of hydrogen-bond donors (Lipinski definition) is 1. The van der Waals surface area contributed by atoms with Gasteiger partial charge in [0.25, 0.3) is 0 Å². The lowest BCUT2D eigenvalue weighted by molar-refractivity contribution is -0.140. The lowest BCUT2D eigenvalue weighted by Gasteiger charge is -2.21. The molecule has 0 aliphatic carbocycles. The number of fused-ring (bicyclic) bond motifs is 1. The first-order valence-corrected chi connectivity index (χ1v) is 5.47. The second kappa shape index (κ2) is 3.52. The Morgan fingerprint density at radius 2 is 2.40 bits per heavy atom. The van der Waals surface area contributed by atoms with E-state index in [2.05, 4.69) is 15.9 Å². The topological polar surface area (TPSA) is 46.5 Å². The van der Waals surface area contributed by atoms with Crippen molar-refractivity contribution in [2.75, 3.05) is 0 Å². The van der Waals surface area contributed by atoms with E-state index >= 15 is 0 Å². The van der Waals surface area contributed by atoms with Gasteiger partial charge in [-0.05, 0) is 30.7 Å². The molecule has 4 heteroatoms. The minimum atomic E-state index is -0.829. The van der Waals surface area contributed by atoms with Crippen molar-refractivity contribution >= 4 is 21.9 Å². The van der Waals surface area contributed by atoms with Crippen LogP contribution in [-0.2, 0) is 11.2 Å². The zero-order chi connectivity index (χ0) is 11.1. The summed E-state index contributed by atoms with van der Waals surface area (Å²) < 4.78 is 6.65. The smallest absolute Gasteiger partial charge is 0.307 e. The van der Waals surface area contributed by atoms with Crippen molar-refractivity contribution in [3.05, 3.63) is 28.2 Å². The molecular formula is C11H11BrO3. The second-order valence-electron chi connectivity index (χ2n) is 4.05. The third-order valence-corrected chi connectivity index (χ3v) is 2.96. The Hall–Kier alpha value is -1.03. The van der Waals surface area contributed by atoms with E-state index in [0.29, 0.717) is 6.42 Å². The number of ether oxygens (including phenoxy) is 1. The van der Waals surface area contributed by atoms with Crippen molar-refractivity contribution in [3.63, 3.8) is 0 Å². The Labute approximate surface area is 96.2 Å². The SMILES string of the molecule is CC1(CC(=O)O)Cc2cc(Br)ccc2O1. The fourth-order valence-electron chi connectivity index (χ4n) is 1.91. The number of halogens is 1. The maximum Gasteiger partial charge on any atom is 0.307 e. The molecule has 0 saturated carbocycles. The molecule has 0 saturated heterocycles. The molecule has 0 fully saturated rings. The number of hydrogen-bond acceptors (Lipinski definition) is 2. The van der Waals surface area contributed by atoms with Gasteiger partial charge in [-0.3, -0.25) is 4.79 Å². The molecule has 1 N–H and O–H groups in total. The van der Waals surface area contributed by atoms with Crippen LogP contribution >= 0.6 is 15.9 Å². The Balaban J connectivity index is 2.24. The Morgan fingerprint density at radius 3 is 3.07 bits per heavy atom. The molecule has 2 rings (SSSR count). The summed E-state index contributed by atoms with van der Waals surface area (Å²) in [5, 5.41) is 8.78. The number of aliphatic carboxylic acids is 1. The molecule has 3 nitrogen and oxygen atoms in total. The van der Waals surface area contributed by atoms with Crippen molar-refractivity contribution in [2.45, 2.75) is 25.4 Å². The first-order chi connectivity index (χ1) is 6.98. The summed E-state index contributed by atoms with van der Waals surface area (Å²) in [6.07, 6.45) is 0.674. The first-order valence-electron chi connectivity index (χ1n) is 4.68. The molecule has 1 aliphatic rings. The molecule has 1 heterocycles. The van der Waals surface area contributed by atoms with E-state index in [1.807, 2.05) is 25.1 Å². The summed E-state index contributed by atoms with van der Waals surface area (Å²) in [5.41, 5.74) is 0.461. The van der Waals surface area contributed by atoms with Crippen LogP contribution in [0.1, 0.15) is 18.9 Å². The molecule has 0 aromatic heterocycles. The molecule has 0 bridgehead atoms. The molecule has 0 radical (unpaired) electrons. The van der Waals surface area contributed by atoms with E-state index in [1.165, 1.54) is 0 Å². The summed E-state index contributed by atoms with van der Waals surface area (Å²) in [5.74, 6) is -0.0358. The first kappa shape index (κ1) is 10.5. The van der Waals surface area contributed by atoms with Crippen LogP contribution in [0.25, 0.3) is 0 Å². The average Bonchev–Trinajstić information content (AvgIpc) is 2.38. The summed E-state index contributed by atoms with van der Waals surface area (Å²) in [4.78, 5) is 10.7. The van der Waals surface area contributed by atoms with Crippen LogP contribution in [0, 0.1) is 0 Å². The Kier molecular flexibility index (Phi) is 2.46. The molecule has 1 aliphatic heterocycles. The highest BCUT2D eigenvalue weighted by Crippen LogP contribution is 2.38. The van der Waals surface area contributed by atoms with Crippen LogP contribution in [0.4, 0.5) is 0 Å². The quantitative estimate of drug-likeness (QED) is 0.899. The minimum absolute atomic E-state index is 0.0271. The summed E-state index contributed by atoms with van der Waals surface area (Å²) in [7, 11) is 0. The van der Waals surface area contributed by atoms with Crippen LogP contribution in [0.2, 0.25) is 0 Å². The number of carbonyl (C=O) groups is 1. The lowest BCUT2D eigenvalue weighted by atomic mass is 9.96. The van der Waals surface area contributed by atoms with E-state index in [0.717, 1.165) is 15.8 Å². The van der Waals surface area contributed by atoms with Crippen molar-refractivity contribution in [2.24, 2.45) is 0 Å². The van der Waals surface area contributed by atoms with Crippen molar-refractivity contribution in [3.8, 4) is 5.75 Å². The summed E-state index contributed by atoms with van der Waals surface area (Å²) in [6, 6.07) is 5.74. The standard InChI is InChI=1S/C11H11BrO3/c1-11(6-10(13)14)5-7-4-8(12)2-3-9(7)15-11/h2-4H,5-6H2,1H3,(H,13,14). The van der Waals surface area contributed by atoms with Gasteiger partial charge in [0.2, 0.25) is 0 Å². The van der Waals surface area contributed by atoms with Gasteiger partial charge in [0.15, 0.2) is 0 Å².